The Morgan fingerprint density at radius 1 is 1.86 bits per heavy atom. The third kappa shape index (κ3) is 2.80. The Labute approximate surface area is 42.8 Å². The van der Waals surface area contributed by atoms with Gasteiger partial charge in [-0.25, -0.2) is 0 Å². The lowest BCUT2D eigenvalue weighted by molar-refractivity contribution is -0.195. The highest BCUT2D eigenvalue weighted by Crippen LogP contribution is 2.33. The minimum atomic E-state index is -3.40. The molecule has 0 aromatic heterocycles. The SMILES string of the molecule is CCP(=O)([O-])OC. The fourth-order valence-electron chi connectivity index (χ4n) is 0.129. The molecule has 0 aromatic carbocycles. The Morgan fingerprint density at radius 2 is 2.29 bits per heavy atom. The zero-order valence-corrected chi connectivity index (χ0v) is 5.27. The maximum absolute atomic E-state index is 10.2. The van der Waals surface area contributed by atoms with Crippen molar-refractivity contribution in [2.75, 3.05) is 13.3 Å². The van der Waals surface area contributed by atoms with Crippen LogP contribution < -0.4 is 4.89 Å². The Hall–Kier alpha value is 0.150. The summed E-state index contributed by atoms with van der Waals surface area (Å²) in [4.78, 5) is 10.2. The molecular formula is C3H8O3P-. The Kier molecular flexibility index (Phi) is 2.51. The molecule has 0 saturated heterocycles. The van der Waals surface area contributed by atoms with Gasteiger partial charge >= 0.3 is 0 Å². The van der Waals surface area contributed by atoms with Gasteiger partial charge in [0.05, 0.1) is 0 Å². The second-order valence-electron chi connectivity index (χ2n) is 1.11. The average molecular weight is 123 g/mol. The maximum atomic E-state index is 10.2. The van der Waals surface area contributed by atoms with Crippen LogP contribution in [0.15, 0.2) is 0 Å². The maximum Gasteiger partial charge on any atom is 0.134 e. The first kappa shape index (κ1) is 7.15. The van der Waals surface area contributed by atoms with E-state index in [9.17, 15) is 9.46 Å². The van der Waals surface area contributed by atoms with E-state index in [0.29, 0.717) is 0 Å². The highest BCUT2D eigenvalue weighted by molar-refractivity contribution is 7.51. The zero-order chi connectivity index (χ0) is 5.91. The predicted molar refractivity (Wildman–Crippen MR) is 25.2 cm³/mol. The second kappa shape index (κ2) is 2.46. The van der Waals surface area contributed by atoms with Crippen LogP contribution in [0.2, 0.25) is 0 Å². The molecule has 0 heterocycles. The third-order valence-corrected chi connectivity index (χ3v) is 2.00. The van der Waals surface area contributed by atoms with E-state index in [1.54, 1.807) is 0 Å². The summed E-state index contributed by atoms with van der Waals surface area (Å²) in [6.45, 7) is 1.54. The molecule has 7 heavy (non-hydrogen) atoms. The monoisotopic (exact) mass is 123 g/mol. The van der Waals surface area contributed by atoms with E-state index >= 15 is 0 Å². The Morgan fingerprint density at radius 3 is 2.29 bits per heavy atom. The van der Waals surface area contributed by atoms with Crippen molar-refractivity contribution >= 4 is 7.60 Å². The van der Waals surface area contributed by atoms with Crippen LogP contribution in [0.1, 0.15) is 6.92 Å². The van der Waals surface area contributed by atoms with Crippen molar-refractivity contribution in [1.29, 1.82) is 0 Å². The van der Waals surface area contributed by atoms with E-state index in [0.717, 1.165) is 7.11 Å². The normalized spacial score (nSPS) is 18.7. The molecule has 0 aliphatic rings. The fourth-order valence-corrected chi connectivity index (χ4v) is 0.387. The van der Waals surface area contributed by atoms with Gasteiger partial charge in [-0.3, -0.25) is 0 Å². The van der Waals surface area contributed by atoms with Gasteiger partial charge < -0.3 is 14.0 Å². The topological polar surface area (TPSA) is 49.4 Å². The Balaban J connectivity index is 3.61. The van der Waals surface area contributed by atoms with Crippen LogP contribution in [-0.2, 0) is 9.09 Å². The number of hydrogen-bond acceptors (Lipinski definition) is 3. The molecule has 0 bridgehead atoms. The van der Waals surface area contributed by atoms with E-state index in [2.05, 4.69) is 4.52 Å². The summed E-state index contributed by atoms with van der Waals surface area (Å²) in [5, 5.41) is 0. The highest BCUT2D eigenvalue weighted by Gasteiger charge is 1.97. The van der Waals surface area contributed by atoms with Gasteiger partial charge in [0, 0.05) is 13.3 Å². The molecule has 0 aliphatic carbocycles. The lowest BCUT2D eigenvalue weighted by Gasteiger charge is -2.17. The molecule has 1 unspecified atom stereocenters. The van der Waals surface area contributed by atoms with Crippen LogP contribution in [0.3, 0.4) is 0 Å². The molecule has 0 aliphatic heterocycles. The lowest BCUT2D eigenvalue weighted by atomic mass is 11.0. The average Bonchev–Trinajstić information content (AvgIpc) is 1.68. The zero-order valence-electron chi connectivity index (χ0n) is 4.38. The van der Waals surface area contributed by atoms with Crippen molar-refractivity contribution in [2.24, 2.45) is 0 Å². The van der Waals surface area contributed by atoms with Crippen LogP contribution in [0.5, 0.6) is 0 Å². The van der Waals surface area contributed by atoms with Gasteiger partial charge in [0.25, 0.3) is 0 Å². The summed E-state index contributed by atoms with van der Waals surface area (Å²) in [7, 11) is -2.24. The van der Waals surface area contributed by atoms with E-state index in [1.165, 1.54) is 6.92 Å². The van der Waals surface area contributed by atoms with Crippen molar-refractivity contribution in [1.82, 2.24) is 0 Å². The molecule has 4 heteroatoms. The van der Waals surface area contributed by atoms with E-state index in [-0.39, 0.29) is 6.16 Å². The van der Waals surface area contributed by atoms with Crippen molar-refractivity contribution in [2.45, 2.75) is 6.92 Å². The smallest absolute Gasteiger partial charge is 0.134 e. The summed E-state index contributed by atoms with van der Waals surface area (Å²) in [5.41, 5.74) is 0. The first-order valence-electron chi connectivity index (χ1n) is 1.98. The standard InChI is InChI=1S/C3H9O3P/c1-3-7(4,5)6-2/h3H2,1-2H3,(H,4,5)/p-1. The largest absolute Gasteiger partial charge is 0.779 e. The van der Waals surface area contributed by atoms with Gasteiger partial charge in [0.2, 0.25) is 0 Å². The molecule has 3 nitrogen and oxygen atoms in total. The molecule has 1 atom stereocenters. The van der Waals surface area contributed by atoms with Crippen molar-refractivity contribution in [3.8, 4) is 0 Å². The van der Waals surface area contributed by atoms with Gasteiger partial charge in [-0.1, -0.05) is 6.92 Å². The first-order chi connectivity index (χ1) is 3.12. The van der Waals surface area contributed by atoms with Crippen molar-refractivity contribution in [3.63, 3.8) is 0 Å². The minimum absolute atomic E-state index is 0.0729. The summed E-state index contributed by atoms with van der Waals surface area (Å²) in [5.74, 6) is 0. The molecule has 0 amide bonds. The van der Waals surface area contributed by atoms with E-state index < -0.39 is 7.60 Å². The third-order valence-electron chi connectivity index (χ3n) is 0.665. The van der Waals surface area contributed by atoms with Gasteiger partial charge in [-0.05, 0) is 0 Å². The molecule has 0 spiro atoms. The summed E-state index contributed by atoms with van der Waals surface area (Å²) < 4.78 is 14.3. The molecule has 0 fully saturated rings. The van der Waals surface area contributed by atoms with Crippen molar-refractivity contribution < 1.29 is 14.0 Å². The van der Waals surface area contributed by atoms with Crippen LogP contribution in [-0.4, -0.2) is 13.3 Å². The fraction of sp³-hybridized carbons (Fsp3) is 1.00. The predicted octanol–water partition coefficient (Wildman–Crippen LogP) is 0.206. The quantitative estimate of drug-likeness (QED) is 0.493. The molecule has 0 saturated carbocycles. The molecule has 0 radical (unpaired) electrons. The summed E-state index contributed by atoms with van der Waals surface area (Å²) in [6, 6.07) is 0. The van der Waals surface area contributed by atoms with Gasteiger partial charge in [0.15, 0.2) is 0 Å². The summed E-state index contributed by atoms with van der Waals surface area (Å²) in [6.07, 6.45) is 0.0729. The molecule has 0 N–H and O–H groups in total. The van der Waals surface area contributed by atoms with Crippen LogP contribution >= 0.6 is 7.60 Å². The second-order valence-corrected chi connectivity index (χ2v) is 3.33. The highest BCUT2D eigenvalue weighted by atomic mass is 31.2. The van der Waals surface area contributed by atoms with Crippen LogP contribution in [0.25, 0.3) is 0 Å². The van der Waals surface area contributed by atoms with E-state index in [4.69, 9.17) is 0 Å². The Bertz CT molecular complexity index is 82.2. The molecule has 0 aromatic rings. The van der Waals surface area contributed by atoms with Gasteiger partial charge in [-0.15, -0.1) is 0 Å². The number of rotatable bonds is 2. The molecule has 0 rings (SSSR count). The van der Waals surface area contributed by atoms with Gasteiger partial charge in [0.1, 0.15) is 7.60 Å². The van der Waals surface area contributed by atoms with Crippen molar-refractivity contribution in [3.05, 3.63) is 0 Å². The first-order valence-corrected chi connectivity index (χ1v) is 3.71. The van der Waals surface area contributed by atoms with Crippen LogP contribution in [0.4, 0.5) is 0 Å². The molecular weight excluding hydrogens is 115 g/mol. The summed E-state index contributed by atoms with van der Waals surface area (Å²) >= 11 is 0. The van der Waals surface area contributed by atoms with E-state index in [1.807, 2.05) is 0 Å². The van der Waals surface area contributed by atoms with Crippen LogP contribution in [0, 0.1) is 0 Å². The molecule has 44 valence electrons. The van der Waals surface area contributed by atoms with Gasteiger partial charge in [-0.2, -0.15) is 0 Å². The number of hydrogen-bond donors (Lipinski definition) is 0. The minimum Gasteiger partial charge on any atom is -0.779 e. The lowest BCUT2D eigenvalue weighted by Crippen LogP contribution is -2.03.